The highest BCUT2D eigenvalue weighted by atomic mass is 16.5. The van der Waals surface area contributed by atoms with Gasteiger partial charge in [0, 0.05) is 26.7 Å². The first-order chi connectivity index (χ1) is 9.10. The number of ether oxygens (including phenoxy) is 2. The van der Waals surface area contributed by atoms with E-state index in [2.05, 4.69) is 34.2 Å². The minimum absolute atomic E-state index is 0.236. The quantitative estimate of drug-likeness (QED) is 0.281. The molecule has 0 saturated heterocycles. The predicted octanol–water partition coefficient (Wildman–Crippen LogP) is 0.777. The van der Waals surface area contributed by atoms with Gasteiger partial charge in [0.05, 0.1) is 20.1 Å². The molecule has 0 unspecified atom stereocenters. The first kappa shape index (κ1) is 17.7. The molecule has 0 aliphatic heterocycles. The molecule has 0 radical (unpaired) electrons. The normalized spacial score (nSPS) is 11.5. The molecular weight excluding hydrogens is 246 g/mol. The highest BCUT2D eigenvalue weighted by molar-refractivity contribution is 5.80. The number of rotatable bonds is 9. The maximum Gasteiger partial charge on any atom is 0.307 e. The molecule has 0 spiro atoms. The van der Waals surface area contributed by atoms with E-state index in [9.17, 15) is 4.79 Å². The van der Waals surface area contributed by atoms with E-state index in [-0.39, 0.29) is 5.97 Å². The molecular formula is C13H27N3O3. The van der Waals surface area contributed by atoms with Gasteiger partial charge in [-0.15, -0.1) is 0 Å². The fourth-order valence-electron chi connectivity index (χ4n) is 1.27. The number of hydrogen-bond donors (Lipinski definition) is 2. The minimum atomic E-state index is -0.236. The molecule has 0 aromatic rings. The summed E-state index contributed by atoms with van der Waals surface area (Å²) >= 11 is 0. The molecule has 0 aliphatic rings. The largest absolute Gasteiger partial charge is 0.469 e. The first-order valence-corrected chi connectivity index (χ1v) is 6.69. The van der Waals surface area contributed by atoms with E-state index >= 15 is 0 Å². The van der Waals surface area contributed by atoms with Crippen LogP contribution >= 0.6 is 0 Å². The van der Waals surface area contributed by atoms with E-state index in [4.69, 9.17) is 4.74 Å². The van der Waals surface area contributed by atoms with E-state index in [1.54, 1.807) is 7.05 Å². The third kappa shape index (κ3) is 11.5. The van der Waals surface area contributed by atoms with E-state index in [1.807, 2.05) is 0 Å². The fourth-order valence-corrected chi connectivity index (χ4v) is 1.27. The van der Waals surface area contributed by atoms with Crippen molar-refractivity contribution in [2.75, 3.05) is 40.5 Å². The number of esters is 1. The Morgan fingerprint density at radius 2 is 1.89 bits per heavy atom. The Morgan fingerprint density at radius 3 is 2.47 bits per heavy atom. The Labute approximate surface area is 116 Å². The van der Waals surface area contributed by atoms with Crippen LogP contribution in [0.3, 0.4) is 0 Å². The standard InChI is InChI=1S/C13H27N3O3/c1-11(2)6-9-19-10-8-16-13(14-3)15-7-5-12(17)18-4/h11H,5-10H2,1-4H3,(H2,14,15,16). The Hall–Kier alpha value is -1.30. The topological polar surface area (TPSA) is 72.0 Å². The van der Waals surface area contributed by atoms with Crippen molar-refractivity contribution in [2.24, 2.45) is 10.9 Å². The molecule has 19 heavy (non-hydrogen) atoms. The Morgan fingerprint density at radius 1 is 1.21 bits per heavy atom. The molecule has 0 fully saturated rings. The van der Waals surface area contributed by atoms with Crippen LogP contribution in [0.5, 0.6) is 0 Å². The third-order valence-electron chi connectivity index (χ3n) is 2.45. The second-order valence-electron chi connectivity index (χ2n) is 4.55. The van der Waals surface area contributed by atoms with Crippen LogP contribution in [0.15, 0.2) is 4.99 Å². The molecule has 0 rings (SSSR count). The van der Waals surface area contributed by atoms with Crippen LogP contribution in [-0.2, 0) is 14.3 Å². The van der Waals surface area contributed by atoms with Gasteiger partial charge in [-0.3, -0.25) is 9.79 Å². The van der Waals surface area contributed by atoms with Gasteiger partial charge in [0.25, 0.3) is 0 Å². The molecule has 0 aliphatic carbocycles. The summed E-state index contributed by atoms with van der Waals surface area (Å²) in [4.78, 5) is 15.0. The lowest BCUT2D eigenvalue weighted by molar-refractivity contribution is -0.140. The molecule has 0 atom stereocenters. The lowest BCUT2D eigenvalue weighted by atomic mass is 10.1. The zero-order valence-electron chi connectivity index (χ0n) is 12.5. The summed E-state index contributed by atoms with van der Waals surface area (Å²) in [6.45, 7) is 6.97. The summed E-state index contributed by atoms with van der Waals surface area (Å²) in [6.07, 6.45) is 1.40. The third-order valence-corrected chi connectivity index (χ3v) is 2.45. The van der Waals surface area contributed by atoms with Crippen molar-refractivity contribution in [3.8, 4) is 0 Å². The number of aliphatic imine (C=N–C) groups is 1. The summed E-state index contributed by atoms with van der Waals surface area (Å²) in [5.74, 6) is 1.09. The highest BCUT2D eigenvalue weighted by Crippen LogP contribution is 1.98. The average molecular weight is 273 g/mol. The smallest absolute Gasteiger partial charge is 0.307 e. The van der Waals surface area contributed by atoms with Gasteiger partial charge < -0.3 is 20.1 Å². The number of guanidine groups is 1. The van der Waals surface area contributed by atoms with Crippen LogP contribution in [-0.4, -0.2) is 52.4 Å². The number of hydrogen-bond acceptors (Lipinski definition) is 4. The maximum absolute atomic E-state index is 10.9. The van der Waals surface area contributed by atoms with Crippen molar-refractivity contribution in [3.63, 3.8) is 0 Å². The second-order valence-corrected chi connectivity index (χ2v) is 4.55. The summed E-state index contributed by atoms with van der Waals surface area (Å²) < 4.78 is 10.0. The van der Waals surface area contributed by atoms with E-state index < -0.39 is 0 Å². The fraction of sp³-hybridized carbons (Fsp3) is 0.846. The van der Waals surface area contributed by atoms with Gasteiger partial charge in [-0.1, -0.05) is 13.8 Å². The summed E-state index contributed by atoms with van der Waals surface area (Å²) in [7, 11) is 3.07. The van der Waals surface area contributed by atoms with Gasteiger partial charge in [0.1, 0.15) is 0 Å². The number of carbonyl (C=O) groups excluding carboxylic acids is 1. The molecule has 0 saturated carbocycles. The molecule has 0 amide bonds. The van der Waals surface area contributed by atoms with Gasteiger partial charge >= 0.3 is 5.97 Å². The van der Waals surface area contributed by atoms with Crippen molar-refractivity contribution < 1.29 is 14.3 Å². The average Bonchev–Trinajstić information content (AvgIpc) is 2.39. The summed E-state index contributed by atoms with van der Waals surface area (Å²) in [5.41, 5.74) is 0. The first-order valence-electron chi connectivity index (χ1n) is 6.69. The lowest BCUT2D eigenvalue weighted by Crippen LogP contribution is -2.39. The number of nitrogens with zero attached hydrogens (tertiary/aromatic N) is 1. The Kier molecular flexibility index (Phi) is 11.0. The SMILES string of the molecule is CN=C(NCCOCCC(C)C)NCCC(=O)OC. The molecule has 0 bridgehead atoms. The van der Waals surface area contributed by atoms with Crippen LogP contribution in [0, 0.1) is 5.92 Å². The molecule has 0 heterocycles. The van der Waals surface area contributed by atoms with Gasteiger partial charge in [-0.2, -0.15) is 0 Å². The number of methoxy groups -OCH3 is 1. The van der Waals surface area contributed by atoms with Crippen LogP contribution in [0.25, 0.3) is 0 Å². The van der Waals surface area contributed by atoms with Crippen molar-refractivity contribution in [3.05, 3.63) is 0 Å². The lowest BCUT2D eigenvalue weighted by Gasteiger charge is -2.12. The molecule has 0 aromatic carbocycles. The van der Waals surface area contributed by atoms with E-state index in [0.717, 1.165) is 13.0 Å². The number of carbonyl (C=O) groups is 1. The van der Waals surface area contributed by atoms with Crippen molar-refractivity contribution in [1.29, 1.82) is 0 Å². The van der Waals surface area contributed by atoms with Crippen LogP contribution in [0.4, 0.5) is 0 Å². The van der Waals surface area contributed by atoms with E-state index in [1.165, 1.54) is 7.11 Å². The van der Waals surface area contributed by atoms with Crippen molar-refractivity contribution in [1.82, 2.24) is 10.6 Å². The van der Waals surface area contributed by atoms with Crippen molar-refractivity contribution in [2.45, 2.75) is 26.7 Å². The van der Waals surface area contributed by atoms with Crippen LogP contribution in [0.2, 0.25) is 0 Å². The van der Waals surface area contributed by atoms with E-state index in [0.29, 0.717) is 38.0 Å². The van der Waals surface area contributed by atoms with Crippen LogP contribution in [0.1, 0.15) is 26.7 Å². The molecule has 6 nitrogen and oxygen atoms in total. The molecule has 0 aromatic heterocycles. The minimum Gasteiger partial charge on any atom is -0.469 e. The van der Waals surface area contributed by atoms with Gasteiger partial charge in [-0.05, 0) is 12.3 Å². The predicted molar refractivity (Wildman–Crippen MR) is 76.3 cm³/mol. The van der Waals surface area contributed by atoms with Gasteiger partial charge in [0.2, 0.25) is 0 Å². The zero-order valence-corrected chi connectivity index (χ0v) is 12.5. The summed E-state index contributed by atoms with van der Waals surface area (Å²) in [5, 5.41) is 6.14. The second kappa shape index (κ2) is 11.8. The Bertz CT molecular complexity index is 268. The molecule has 6 heteroatoms. The Balaban J connectivity index is 3.52. The highest BCUT2D eigenvalue weighted by Gasteiger charge is 2.01. The van der Waals surface area contributed by atoms with Crippen molar-refractivity contribution >= 4 is 11.9 Å². The summed E-state index contributed by atoms with van der Waals surface area (Å²) in [6, 6.07) is 0. The van der Waals surface area contributed by atoms with Gasteiger partial charge in [0.15, 0.2) is 5.96 Å². The molecule has 2 N–H and O–H groups in total. The monoisotopic (exact) mass is 273 g/mol. The number of nitrogens with one attached hydrogen (secondary N) is 2. The maximum atomic E-state index is 10.9. The zero-order chi connectivity index (χ0) is 14.5. The van der Waals surface area contributed by atoms with Gasteiger partial charge in [-0.25, -0.2) is 0 Å². The molecule has 112 valence electrons. The van der Waals surface area contributed by atoms with Crippen LogP contribution < -0.4 is 10.6 Å².